The van der Waals surface area contributed by atoms with Crippen LogP contribution >= 0.6 is 0 Å². The van der Waals surface area contributed by atoms with Crippen molar-refractivity contribution in [1.82, 2.24) is 0 Å². The highest BCUT2D eigenvalue weighted by atomic mass is 19.1. The predicted octanol–water partition coefficient (Wildman–Crippen LogP) is 1.05. The van der Waals surface area contributed by atoms with Crippen LogP contribution in [-0.4, -0.2) is 16.6 Å². The van der Waals surface area contributed by atoms with Crippen molar-refractivity contribution in [3.05, 3.63) is 33.6 Å². The summed E-state index contributed by atoms with van der Waals surface area (Å²) in [5, 5.41) is 19.0. The molecule has 16 heavy (non-hydrogen) atoms. The van der Waals surface area contributed by atoms with Crippen LogP contribution < -0.4 is 5.73 Å². The van der Waals surface area contributed by atoms with E-state index in [1.165, 1.54) is 0 Å². The van der Waals surface area contributed by atoms with E-state index in [-0.39, 0.29) is 24.3 Å². The molecule has 1 aromatic carbocycles. The van der Waals surface area contributed by atoms with Crippen molar-refractivity contribution in [2.75, 3.05) is 12.3 Å². The third-order valence-corrected chi connectivity index (χ3v) is 1.78. The second kappa shape index (κ2) is 5.09. The van der Waals surface area contributed by atoms with Gasteiger partial charge < -0.3 is 10.8 Å². The molecule has 0 aromatic heterocycles. The smallest absolute Gasteiger partial charge is 0.273 e. The Balaban J connectivity index is 3.18. The van der Waals surface area contributed by atoms with E-state index in [1.807, 2.05) is 0 Å². The van der Waals surface area contributed by atoms with Gasteiger partial charge in [-0.2, -0.15) is 0 Å². The Bertz CT molecular complexity index is 477. The first-order chi connectivity index (χ1) is 7.56. The molecule has 0 unspecified atom stereocenters. The van der Waals surface area contributed by atoms with Crippen molar-refractivity contribution in [2.24, 2.45) is 0 Å². The molecule has 0 aliphatic carbocycles. The van der Waals surface area contributed by atoms with Crippen LogP contribution in [0.1, 0.15) is 12.0 Å². The lowest BCUT2D eigenvalue weighted by molar-refractivity contribution is -0.385. The van der Waals surface area contributed by atoms with E-state index in [0.29, 0.717) is 0 Å². The van der Waals surface area contributed by atoms with Crippen LogP contribution in [0.4, 0.5) is 15.8 Å². The van der Waals surface area contributed by atoms with Crippen molar-refractivity contribution < 1.29 is 14.4 Å². The molecule has 0 saturated heterocycles. The molecule has 0 atom stereocenters. The fourth-order valence-electron chi connectivity index (χ4n) is 1.03. The molecule has 0 radical (unpaired) electrons. The lowest BCUT2D eigenvalue weighted by Gasteiger charge is -2.00. The van der Waals surface area contributed by atoms with Crippen LogP contribution in [0.3, 0.4) is 0 Å². The van der Waals surface area contributed by atoms with Crippen LogP contribution in [0, 0.1) is 27.8 Å². The molecule has 0 aliphatic rings. The summed E-state index contributed by atoms with van der Waals surface area (Å²) in [5.41, 5.74) is 4.80. The largest absolute Gasteiger partial charge is 0.395 e. The van der Waals surface area contributed by atoms with Gasteiger partial charge >= 0.3 is 0 Å². The van der Waals surface area contributed by atoms with E-state index in [2.05, 4.69) is 11.8 Å². The van der Waals surface area contributed by atoms with E-state index in [1.54, 1.807) is 0 Å². The van der Waals surface area contributed by atoms with Gasteiger partial charge in [0.05, 0.1) is 28.8 Å². The van der Waals surface area contributed by atoms with E-state index < -0.39 is 16.4 Å². The lowest BCUT2D eigenvalue weighted by Crippen LogP contribution is -1.98. The maximum atomic E-state index is 13.2. The van der Waals surface area contributed by atoms with Crippen molar-refractivity contribution >= 4 is 11.4 Å². The standard InChI is InChI=1S/C10H9FN2O3/c11-9-6-8(13(15)16)5-7(10(9)12)3-1-2-4-14/h5-6,14H,2,4,12H2. The predicted molar refractivity (Wildman–Crippen MR) is 56.0 cm³/mol. The van der Waals surface area contributed by atoms with Crippen molar-refractivity contribution in [2.45, 2.75) is 6.42 Å². The van der Waals surface area contributed by atoms with Crippen LogP contribution in [0.2, 0.25) is 0 Å². The van der Waals surface area contributed by atoms with Gasteiger partial charge in [0.2, 0.25) is 0 Å². The van der Waals surface area contributed by atoms with Gasteiger partial charge in [-0.05, 0) is 0 Å². The molecule has 0 bridgehead atoms. The van der Waals surface area contributed by atoms with Gasteiger partial charge in [-0.3, -0.25) is 10.1 Å². The highest BCUT2D eigenvalue weighted by Gasteiger charge is 2.13. The molecule has 0 heterocycles. The first-order valence-electron chi connectivity index (χ1n) is 4.39. The highest BCUT2D eigenvalue weighted by molar-refractivity contribution is 5.61. The van der Waals surface area contributed by atoms with Crippen molar-refractivity contribution in [3.8, 4) is 11.8 Å². The minimum atomic E-state index is -0.873. The quantitative estimate of drug-likeness (QED) is 0.340. The van der Waals surface area contributed by atoms with Gasteiger partial charge in [-0.15, -0.1) is 0 Å². The van der Waals surface area contributed by atoms with Crippen LogP contribution in [0.25, 0.3) is 0 Å². The van der Waals surface area contributed by atoms with E-state index in [4.69, 9.17) is 10.8 Å². The molecule has 5 nitrogen and oxygen atoms in total. The van der Waals surface area contributed by atoms with Gasteiger partial charge in [0.15, 0.2) is 5.82 Å². The Morgan fingerprint density at radius 1 is 1.56 bits per heavy atom. The molecule has 3 N–H and O–H groups in total. The number of anilines is 1. The molecule has 0 fully saturated rings. The Morgan fingerprint density at radius 2 is 2.25 bits per heavy atom. The summed E-state index contributed by atoms with van der Waals surface area (Å²) in [6, 6.07) is 1.84. The number of aliphatic hydroxyl groups is 1. The van der Waals surface area contributed by atoms with Crippen LogP contribution in [-0.2, 0) is 0 Å². The maximum absolute atomic E-state index is 13.2. The molecule has 0 amide bonds. The number of rotatable bonds is 2. The zero-order valence-corrected chi connectivity index (χ0v) is 8.24. The highest BCUT2D eigenvalue weighted by Crippen LogP contribution is 2.22. The van der Waals surface area contributed by atoms with E-state index in [9.17, 15) is 14.5 Å². The average molecular weight is 224 g/mol. The first kappa shape index (κ1) is 11.9. The topological polar surface area (TPSA) is 89.4 Å². The minimum absolute atomic E-state index is 0.0557. The average Bonchev–Trinajstić information content (AvgIpc) is 2.24. The fraction of sp³-hybridized carbons (Fsp3) is 0.200. The zero-order valence-electron chi connectivity index (χ0n) is 8.24. The zero-order chi connectivity index (χ0) is 12.1. The lowest BCUT2D eigenvalue weighted by atomic mass is 10.1. The Morgan fingerprint density at radius 3 is 2.81 bits per heavy atom. The number of hydrogen-bond acceptors (Lipinski definition) is 4. The fourth-order valence-corrected chi connectivity index (χ4v) is 1.03. The molecule has 0 spiro atoms. The normalized spacial score (nSPS) is 9.38. The molecule has 0 saturated carbocycles. The van der Waals surface area contributed by atoms with Gasteiger partial charge in [0.1, 0.15) is 0 Å². The Kier molecular flexibility index (Phi) is 3.80. The monoisotopic (exact) mass is 224 g/mol. The molecular weight excluding hydrogens is 215 g/mol. The number of nitrogens with two attached hydrogens (primary N) is 1. The number of benzene rings is 1. The number of halogens is 1. The maximum Gasteiger partial charge on any atom is 0.273 e. The summed E-state index contributed by atoms with van der Waals surface area (Å²) < 4.78 is 13.2. The molecule has 1 aromatic rings. The van der Waals surface area contributed by atoms with E-state index >= 15 is 0 Å². The number of aliphatic hydroxyl groups excluding tert-OH is 1. The summed E-state index contributed by atoms with van der Waals surface area (Å²) in [5.74, 6) is 4.11. The van der Waals surface area contributed by atoms with Crippen LogP contribution in [0.15, 0.2) is 12.1 Å². The van der Waals surface area contributed by atoms with Gasteiger partial charge in [-0.1, -0.05) is 11.8 Å². The molecule has 6 heteroatoms. The third-order valence-electron chi connectivity index (χ3n) is 1.78. The number of hydrogen-bond donors (Lipinski definition) is 2. The molecule has 1 rings (SSSR count). The summed E-state index contributed by atoms with van der Waals surface area (Å²) in [4.78, 5) is 9.73. The van der Waals surface area contributed by atoms with Crippen molar-refractivity contribution in [3.63, 3.8) is 0 Å². The number of nitrogen functional groups attached to an aromatic ring is 1. The number of non-ortho nitro benzene ring substituents is 1. The Labute approximate surface area is 90.8 Å². The second-order valence-electron chi connectivity index (χ2n) is 2.92. The SMILES string of the molecule is Nc1c(F)cc([N+](=O)[O-])cc1C#CCCO. The summed E-state index contributed by atoms with van der Waals surface area (Å²) >= 11 is 0. The second-order valence-corrected chi connectivity index (χ2v) is 2.92. The van der Waals surface area contributed by atoms with Crippen LogP contribution in [0.5, 0.6) is 0 Å². The van der Waals surface area contributed by atoms with Gasteiger partial charge in [0, 0.05) is 12.5 Å². The Hall–Kier alpha value is -2.13. The number of nitrogens with zero attached hydrogens (tertiary/aromatic N) is 1. The van der Waals surface area contributed by atoms with Gasteiger partial charge in [0.25, 0.3) is 5.69 Å². The van der Waals surface area contributed by atoms with E-state index in [0.717, 1.165) is 12.1 Å². The summed E-state index contributed by atoms with van der Waals surface area (Å²) in [6.45, 7) is -0.135. The number of nitro groups is 1. The molecule has 0 aliphatic heterocycles. The van der Waals surface area contributed by atoms with Gasteiger partial charge in [-0.25, -0.2) is 4.39 Å². The minimum Gasteiger partial charge on any atom is -0.395 e. The molecule has 84 valence electrons. The number of nitro benzene ring substituents is 1. The third kappa shape index (κ3) is 2.68. The molecular formula is C10H9FN2O3. The summed E-state index contributed by atoms with van der Waals surface area (Å²) in [7, 11) is 0. The first-order valence-corrected chi connectivity index (χ1v) is 4.39. The van der Waals surface area contributed by atoms with Crippen molar-refractivity contribution in [1.29, 1.82) is 0 Å². The summed E-state index contributed by atoms with van der Waals surface area (Å²) in [6.07, 6.45) is 0.198.